The Kier molecular flexibility index (Phi) is 16.7. The number of rotatable bonds is 6. The standard InChI is InChI=1S/C36H43ClFN5O7.2C2H6.H2S/c1-34(2,3)49-32(46)43(33(47)50-35(4,5)6)28-23(18-39)27-20(16-24(28)38)12-14-36(27)13-8-11-22(30(36)45)29(44)31-40-25(37)17-26(41-31)48-19-21-10-9-15-42(21)7;2*1-2;/h16-17,21-22H,8-15,19H2,1-7H3;2*1-2H3;1H2. The Bertz CT molecular complexity index is 1750. The molecule has 2 aliphatic carbocycles. The number of carbonyl (C=O) groups is 4. The summed E-state index contributed by atoms with van der Waals surface area (Å²) < 4.78 is 32.9. The molecule has 55 heavy (non-hydrogen) atoms. The molecule has 0 bridgehead atoms. The minimum Gasteiger partial charge on any atom is -0.476 e. The zero-order valence-corrected chi connectivity index (χ0v) is 35.8. The van der Waals surface area contributed by atoms with Gasteiger partial charge in [-0.1, -0.05) is 45.7 Å². The van der Waals surface area contributed by atoms with Crippen molar-refractivity contribution in [1.82, 2.24) is 14.9 Å². The number of likely N-dealkylation sites (tertiary alicyclic amines) is 1. The van der Waals surface area contributed by atoms with Crippen molar-refractivity contribution in [2.75, 3.05) is 25.1 Å². The second-order valence-corrected chi connectivity index (χ2v) is 15.6. The first-order valence-electron chi connectivity index (χ1n) is 18.8. The number of anilines is 1. The van der Waals surface area contributed by atoms with Gasteiger partial charge >= 0.3 is 12.2 Å². The third-order valence-electron chi connectivity index (χ3n) is 9.31. The van der Waals surface area contributed by atoms with Gasteiger partial charge in [0.25, 0.3) is 0 Å². The normalized spacial score (nSPS) is 20.4. The first kappa shape index (κ1) is 47.4. The second-order valence-electron chi connectivity index (χ2n) is 15.2. The summed E-state index contributed by atoms with van der Waals surface area (Å²) in [5, 5.41) is 10.6. The summed E-state index contributed by atoms with van der Waals surface area (Å²) in [4.78, 5) is 66.6. The molecule has 2 heterocycles. The Labute approximate surface area is 336 Å². The van der Waals surface area contributed by atoms with Crippen LogP contribution >= 0.6 is 25.1 Å². The van der Waals surface area contributed by atoms with Gasteiger partial charge in [-0.3, -0.25) is 9.59 Å². The third-order valence-corrected chi connectivity index (χ3v) is 9.50. The molecule has 15 heteroatoms. The van der Waals surface area contributed by atoms with Crippen LogP contribution in [0.5, 0.6) is 5.88 Å². The number of benzene rings is 1. The van der Waals surface area contributed by atoms with E-state index in [-0.39, 0.29) is 73.2 Å². The number of halogens is 2. The molecule has 1 saturated carbocycles. The van der Waals surface area contributed by atoms with E-state index >= 15 is 4.39 Å². The molecule has 2 aromatic rings. The number of Topliss-reactive ketones (excluding diaryl/α,β-unsaturated/α-hetero) is 2. The summed E-state index contributed by atoms with van der Waals surface area (Å²) in [6.45, 7) is 18.7. The highest BCUT2D eigenvalue weighted by Gasteiger charge is 2.54. The Morgan fingerprint density at radius 3 is 2.13 bits per heavy atom. The van der Waals surface area contributed by atoms with Gasteiger partial charge in [0.1, 0.15) is 40.5 Å². The number of nitrogens with zero attached hydrogens (tertiary/aromatic N) is 5. The van der Waals surface area contributed by atoms with Crippen molar-refractivity contribution in [3.8, 4) is 11.9 Å². The van der Waals surface area contributed by atoms with Crippen molar-refractivity contribution >= 4 is 54.5 Å². The molecule has 0 radical (unpaired) electrons. The van der Waals surface area contributed by atoms with Crippen LogP contribution in [0.1, 0.15) is 135 Å². The number of amides is 2. The molecule has 1 saturated heterocycles. The predicted octanol–water partition coefficient (Wildman–Crippen LogP) is 8.89. The number of ketones is 2. The zero-order chi connectivity index (χ0) is 40.8. The molecule has 1 aliphatic heterocycles. The lowest BCUT2D eigenvalue weighted by molar-refractivity contribution is -0.129. The maximum Gasteiger partial charge on any atom is 0.424 e. The van der Waals surface area contributed by atoms with Gasteiger partial charge in [0.15, 0.2) is 5.78 Å². The van der Waals surface area contributed by atoms with E-state index in [0.717, 1.165) is 25.5 Å². The van der Waals surface area contributed by atoms with Crippen LogP contribution in [0, 0.1) is 23.1 Å². The van der Waals surface area contributed by atoms with Gasteiger partial charge in [0, 0.05) is 12.1 Å². The Morgan fingerprint density at radius 1 is 1.00 bits per heavy atom. The number of likely N-dealkylation sites (N-methyl/N-ethyl adjacent to an activating group) is 1. The Morgan fingerprint density at radius 2 is 1.60 bits per heavy atom. The van der Waals surface area contributed by atoms with Crippen LogP contribution in [0.25, 0.3) is 0 Å². The van der Waals surface area contributed by atoms with Crippen molar-refractivity contribution in [3.05, 3.63) is 45.6 Å². The van der Waals surface area contributed by atoms with Crippen molar-refractivity contribution in [2.45, 2.75) is 137 Å². The summed E-state index contributed by atoms with van der Waals surface area (Å²) in [6.07, 6.45) is 0.807. The molecule has 3 aliphatic rings. The van der Waals surface area contributed by atoms with Gasteiger partial charge < -0.3 is 19.1 Å². The average molecular weight is 806 g/mol. The molecule has 5 rings (SSSR count). The number of aryl methyl sites for hydroxylation is 1. The number of aromatic nitrogens is 2. The predicted molar refractivity (Wildman–Crippen MR) is 214 cm³/mol. The fraction of sp³-hybridized carbons (Fsp3) is 0.625. The molecular weight excluding hydrogens is 749 g/mol. The summed E-state index contributed by atoms with van der Waals surface area (Å²) in [5.74, 6) is -3.47. The lowest BCUT2D eigenvalue weighted by Crippen LogP contribution is -2.47. The molecule has 2 fully saturated rings. The highest BCUT2D eigenvalue weighted by atomic mass is 35.5. The molecule has 3 unspecified atom stereocenters. The van der Waals surface area contributed by atoms with E-state index in [1.165, 1.54) is 6.07 Å². The first-order valence-corrected chi connectivity index (χ1v) is 19.2. The van der Waals surface area contributed by atoms with Crippen LogP contribution in [-0.2, 0) is 26.1 Å². The Balaban J connectivity index is 0.00000202. The number of hydrogen-bond acceptors (Lipinski definition) is 11. The van der Waals surface area contributed by atoms with Crippen LogP contribution in [0.2, 0.25) is 5.15 Å². The maximum atomic E-state index is 16.1. The number of imide groups is 1. The van der Waals surface area contributed by atoms with E-state index in [4.69, 9.17) is 25.8 Å². The van der Waals surface area contributed by atoms with E-state index in [1.807, 2.05) is 40.8 Å². The van der Waals surface area contributed by atoms with Crippen LogP contribution in [0.15, 0.2) is 12.1 Å². The lowest BCUT2D eigenvalue weighted by atomic mass is 9.63. The topological polar surface area (TPSA) is 152 Å². The van der Waals surface area contributed by atoms with E-state index in [1.54, 1.807) is 41.5 Å². The van der Waals surface area contributed by atoms with E-state index in [0.29, 0.717) is 23.5 Å². The van der Waals surface area contributed by atoms with Crippen molar-refractivity contribution in [2.24, 2.45) is 5.92 Å². The number of fused-ring (bicyclic) bond motifs is 2. The number of ether oxygens (including phenoxy) is 3. The van der Waals surface area contributed by atoms with Gasteiger partial charge in [0.2, 0.25) is 17.5 Å². The molecule has 3 atom stereocenters. The largest absolute Gasteiger partial charge is 0.476 e. The summed E-state index contributed by atoms with van der Waals surface area (Å²) in [5.41, 5.74) is -4.04. The monoisotopic (exact) mass is 805 g/mol. The van der Waals surface area contributed by atoms with E-state index < -0.39 is 57.8 Å². The molecule has 12 nitrogen and oxygen atoms in total. The van der Waals surface area contributed by atoms with Crippen molar-refractivity contribution in [1.29, 1.82) is 5.26 Å². The molecule has 2 amide bonds. The molecule has 1 aromatic carbocycles. The summed E-state index contributed by atoms with van der Waals surface area (Å²) in [7, 11) is 2.01. The van der Waals surface area contributed by atoms with Gasteiger partial charge in [0.05, 0.1) is 16.9 Å². The SMILES string of the molecule is CC.CC.CN1CCCC1COc1cc(Cl)nc(C(=O)C2CCCC3(CCc4cc(F)c(N(C(=O)OC(C)(C)C)C(=O)OC(C)(C)C)c(C#N)c43)C2=O)n1.S. The van der Waals surface area contributed by atoms with Gasteiger partial charge in [-0.2, -0.15) is 28.6 Å². The molecule has 1 aromatic heterocycles. The molecular formula is C40H57ClFN5O7S. The zero-order valence-electron chi connectivity index (χ0n) is 34.0. The van der Waals surface area contributed by atoms with Gasteiger partial charge in [-0.05, 0) is 111 Å². The quantitative estimate of drug-likeness (QED) is 0.156. The average Bonchev–Trinajstić information content (AvgIpc) is 3.67. The minimum atomic E-state index is -1.38. The number of nitriles is 1. The number of carbonyl (C=O) groups excluding carboxylic acids is 4. The lowest BCUT2D eigenvalue weighted by Gasteiger charge is -2.37. The van der Waals surface area contributed by atoms with Gasteiger partial charge in [-0.15, -0.1) is 0 Å². The van der Waals surface area contributed by atoms with Crippen LogP contribution in [0.3, 0.4) is 0 Å². The smallest absolute Gasteiger partial charge is 0.424 e. The fourth-order valence-electron chi connectivity index (χ4n) is 7.16. The number of hydrogen-bond donors (Lipinski definition) is 0. The van der Waals surface area contributed by atoms with Crippen LogP contribution < -0.4 is 9.64 Å². The summed E-state index contributed by atoms with van der Waals surface area (Å²) in [6, 6.07) is 4.72. The van der Waals surface area contributed by atoms with Crippen molar-refractivity contribution < 1.29 is 37.8 Å². The molecule has 0 N–H and O–H groups in total. The van der Waals surface area contributed by atoms with Crippen LogP contribution in [-0.4, -0.2) is 76.1 Å². The minimum absolute atomic E-state index is 0. The maximum absolute atomic E-state index is 16.1. The Hall–Kier alpha value is -3.80. The highest BCUT2D eigenvalue weighted by Crippen LogP contribution is 2.52. The highest BCUT2D eigenvalue weighted by molar-refractivity contribution is 7.59. The molecule has 304 valence electrons. The second kappa shape index (κ2) is 19.4. The first-order chi connectivity index (χ1) is 25.3. The third kappa shape index (κ3) is 10.7. The van der Waals surface area contributed by atoms with Crippen molar-refractivity contribution in [3.63, 3.8) is 0 Å². The summed E-state index contributed by atoms with van der Waals surface area (Å²) >= 11 is 6.28. The van der Waals surface area contributed by atoms with E-state index in [2.05, 4.69) is 14.9 Å². The van der Waals surface area contributed by atoms with Crippen LogP contribution in [0.4, 0.5) is 19.7 Å². The van der Waals surface area contributed by atoms with Gasteiger partial charge in [-0.25, -0.2) is 19.0 Å². The van der Waals surface area contributed by atoms with E-state index in [9.17, 15) is 24.4 Å². The fourth-order valence-corrected chi connectivity index (χ4v) is 7.33. The molecule has 1 spiro atoms.